The second-order valence-corrected chi connectivity index (χ2v) is 5.47. The van der Waals surface area contributed by atoms with E-state index >= 15 is 0 Å². The first-order chi connectivity index (χ1) is 10.1. The van der Waals surface area contributed by atoms with Crippen LogP contribution in [0.15, 0.2) is 36.4 Å². The first-order valence-corrected chi connectivity index (χ1v) is 7.20. The van der Waals surface area contributed by atoms with Crippen molar-refractivity contribution in [1.82, 2.24) is 15.1 Å². The molecule has 2 rings (SSSR count). The third-order valence-corrected chi connectivity index (χ3v) is 3.20. The summed E-state index contributed by atoms with van der Waals surface area (Å²) >= 11 is 0. The van der Waals surface area contributed by atoms with Crippen LogP contribution in [0, 0.1) is 5.92 Å². The Morgan fingerprint density at radius 3 is 2.67 bits per heavy atom. The van der Waals surface area contributed by atoms with Crippen LogP contribution in [-0.2, 0) is 7.05 Å². The fourth-order valence-corrected chi connectivity index (χ4v) is 2.04. The average Bonchev–Trinajstić information content (AvgIpc) is 2.80. The van der Waals surface area contributed by atoms with Gasteiger partial charge in [0.15, 0.2) is 5.82 Å². The summed E-state index contributed by atoms with van der Waals surface area (Å²) in [5.41, 5.74) is 2.04. The summed E-state index contributed by atoms with van der Waals surface area (Å²) in [6, 6.07) is 11.6. The molecule has 5 nitrogen and oxygen atoms in total. The number of aromatic nitrogens is 2. The first-order valence-electron chi connectivity index (χ1n) is 7.20. The molecule has 2 amide bonds. The Morgan fingerprint density at radius 2 is 2.00 bits per heavy atom. The molecule has 0 saturated heterocycles. The number of rotatable bonds is 5. The van der Waals surface area contributed by atoms with E-state index in [-0.39, 0.29) is 6.03 Å². The molecular weight excluding hydrogens is 264 g/mol. The van der Waals surface area contributed by atoms with E-state index in [1.165, 1.54) is 0 Å². The number of nitrogens with one attached hydrogen (secondary N) is 2. The number of amides is 2. The molecule has 1 heterocycles. The lowest BCUT2D eigenvalue weighted by molar-refractivity contribution is 0.251. The molecule has 0 spiro atoms. The van der Waals surface area contributed by atoms with Gasteiger partial charge in [-0.25, -0.2) is 4.79 Å². The SMILES string of the molecule is CC(C)CCNC(=O)Nc1cc(-c2ccccc2)n(C)n1. The second-order valence-electron chi connectivity index (χ2n) is 5.47. The Kier molecular flexibility index (Phi) is 4.98. The zero-order valence-corrected chi connectivity index (χ0v) is 12.8. The van der Waals surface area contributed by atoms with Gasteiger partial charge in [0.1, 0.15) is 0 Å². The van der Waals surface area contributed by atoms with Crippen LogP contribution in [0.1, 0.15) is 20.3 Å². The topological polar surface area (TPSA) is 59.0 Å². The highest BCUT2D eigenvalue weighted by Crippen LogP contribution is 2.21. The van der Waals surface area contributed by atoms with Gasteiger partial charge in [0.05, 0.1) is 5.69 Å². The number of hydrogen-bond acceptors (Lipinski definition) is 2. The van der Waals surface area contributed by atoms with Gasteiger partial charge in [0.2, 0.25) is 0 Å². The summed E-state index contributed by atoms with van der Waals surface area (Å²) in [4.78, 5) is 11.8. The lowest BCUT2D eigenvalue weighted by Gasteiger charge is -2.06. The Balaban J connectivity index is 1.98. The Morgan fingerprint density at radius 1 is 1.29 bits per heavy atom. The molecule has 0 radical (unpaired) electrons. The highest BCUT2D eigenvalue weighted by molar-refractivity contribution is 5.88. The fraction of sp³-hybridized carbons (Fsp3) is 0.375. The number of aryl methyl sites for hydroxylation is 1. The van der Waals surface area contributed by atoms with Gasteiger partial charge >= 0.3 is 6.03 Å². The van der Waals surface area contributed by atoms with Gasteiger partial charge < -0.3 is 5.32 Å². The number of carbonyl (C=O) groups is 1. The monoisotopic (exact) mass is 286 g/mol. The van der Waals surface area contributed by atoms with Crippen molar-refractivity contribution >= 4 is 11.8 Å². The van der Waals surface area contributed by atoms with Crippen LogP contribution in [-0.4, -0.2) is 22.4 Å². The maximum atomic E-state index is 11.8. The molecule has 0 bridgehead atoms. The minimum absolute atomic E-state index is 0.214. The van der Waals surface area contributed by atoms with Crippen molar-refractivity contribution in [2.45, 2.75) is 20.3 Å². The number of anilines is 1. The summed E-state index contributed by atoms with van der Waals surface area (Å²) in [6.45, 7) is 4.93. The van der Waals surface area contributed by atoms with Crippen molar-refractivity contribution < 1.29 is 4.79 Å². The molecule has 112 valence electrons. The Labute approximate surface area is 125 Å². The maximum absolute atomic E-state index is 11.8. The van der Waals surface area contributed by atoms with E-state index in [9.17, 15) is 4.79 Å². The minimum Gasteiger partial charge on any atom is -0.338 e. The van der Waals surface area contributed by atoms with Gasteiger partial charge in [0.25, 0.3) is 0 Å². The largest absolute Gasteiger partial charge is 0.338 e. The van der Waals surface area contributed by atoms with Crippen LogP contribution >= 0.6 is 0 Å². The smallest absolute Gasteiger partial charge is 0.320 e. The number of carbonyl (C=O) groups excluding carboxylic acids is 1. The Bertz CT molecular complexity index is 590. The maximum Gasteiger partial charge on any atom is 0.320 e. The third kappa shape index (κ3) is 4.34. The molecule has 0 aliphatic heterocycles. The lowest BCUT2D eigenvalue weighted by atomic mass is 10.1. The summed E-state index contributed by atoms with van der Waals surface area (Å²) in [5.74, 6) is 1.13. The molecule has 0 fully saturated rings. The first kappa shape index (κ1) is 15.1. The van der Waals surface area contributed by atoms with Crippen molar-refractivity contribution in [3.05, 3.63) is 36.4 Å². The quantitative estimate of drug-likeness (QED) is 0.886. The highest BCUT2D eigenvalue weighted by Gasteiger charge is 2.09. The van der Waals surface area contributed by atoms with Crippen LogP contribution < -0.4 is 10.6 Å². The van der Waals surface area contributed by atoms with Crippen molar-refractivity contribution in [2.24, 2.45) is 13.0 Å². The van der Waals surface area contributed by atoms with Crippen LogP contribution in [0.4, 0.5) is 10.6 Å². The van der Waals surface area contributed by atoms with E-state index in [0.717, 1.165) is 17.7 Å². The van der Waals surface area contributed by atoms with Crippen LogP contribution in [0.2, 0.25) is 0 Å². The summed E-state index contributed by atoms with van der Waals surface area (Å²) in [5, 5.41) is 9.91. The standard InChI is InChI=1S/C16H22N4O/c1-12(2)9-10-17-16(21)18-15-11-14(20(3)19-15)13-7-5-4-6-8-13/h4-8,11-12H,9-10H2,1-3H3,(H2,17,18,19,21). The van der Waals surface area contributed by atoms with Gasteiger partial charge in [-0.2, -0.15) is 5.10 Å². The van der Waals surface area contributed by atoms with Crippen LogP contribution in [0.3, 0.4) is 0 Å². The van der Waals surface area contributed by atoms with E-state index in [2.05, 4.69) is 29.6 Å². The fourth-order valence-electron chi connectivity index (χ4n) is 2.04. The molecule has 21 heavy (non-hydrogen) atoms. The van der Waals surface area contributed by atoms with E-state index in [1.54, 1.807) is 4.68 Å². The molecule has 1 aromatic heterocycles. The average molecular weight is 286 g/mol. The van der Waals surface area contributed by atoms with Crippen molar-refractivity contribution in [2.75, 3.05) is 11.9 Å². The molecule has 0 unspecified atom stereocenters. The second kappa shape index (κ2) is 6.92. The van der Waals surface area contributed by atoms with Crippen molar-refractivity contribution in [1.29, 1.82) is 0 Å². The van der Waals surface area contributed by atoms with Gasteiger partial charge in [-0.3, -0.25) is 10.00 Å². The summed E-state index contributed by atoms with van der Waals surface area (Å²) in [6.07, 6.45) is 0.963. The molecule has 5 heteroatoms. The van der Waals surface area contributed by atoms with Gasteiger partial charge in [-0.15, -0.1) is 0 Å². The molecule has 0 aliphatic carbocycles. The van der Waals surface area contributed by atoms with Crippen LogP contribution in [0.25, 0.3) is 11.3 Å². The third-order valence-electron chi connectivity index (χ3n) is 3.20. The lowest BCUT2D eigenvalue weighted by Crippen LogP contribution is -2.30. The van der Waals surface area contributed by atoms with Crippen LogP contribution in [0.5, 0.6) is 0 Å². The molecule has 0 atom stereocenters. The molecule has 0 saturated carbocycles. The van der Waals surface area contributed by atoms with E-state index in [4.69, 9.17) is 0 Å². The normalized spacial score (nSPS) is 10.7. The number of benzene rings is 1. The molecule has 2 N–H and O–H groups in total. The molecule has 2 aromatic rings. The molecule has 1 aromatic carbocycles. The van der Waals surface area contributed by atoms with Gasteiger partial charge in [-0.1, -0.05) is 44.2 Å². The van der Waals surface area contributed by atoms with Crippen molar-refractivity contribution in [3.8, 4) is 11.3 Å². The highest BCUT2D eigenvalue weighted by atomic mass is 16.2. The zero-order chi connectivity index (χ0) is 15.2. The van der Waals surface area contributed by atoms with Gasteiger partial charge in [0, 0.05) is 19.7 Å². The van der Waals surface area contributed by atoms with E-state index in [0.29, 0.717) is 18.3 Å². The minimum atomic E-state index is -0.214. The summed E-state index contributed by atoms with van der Waals surface area (Å²) in [7, 11) is 1.87. The van der Waals surface area contributed by atoms with Gasteiger partial charge in [-0.05, 0) is 17.9 Å². The number of nitrogens with zero attached hydrogens (tertiary/aromatic N) is 2. The Hall–Kier alpha value is -2.30. The molecule has 0 aliphatic rings. The van der Waals surface area contributed by atoms with E-state index < -0.39 is 0 Å². The molecular formula is C16H22N4O. The van der Waals surface area contributed by atoms with Crippen molar-refractivity contribution in [3.63, 3.8) is 0 Å². The van der Waals surface area contributed by atoms with E-state index in [1.807, 2.05) is 43.4 Å². The predicted octanol–water partition coefficient (Wildman–Crippen LogP) is 3.25. The number of urea groups is 1. The predicted molar refractivity (Wildman–Crippen MR) is 85.1 cm³/mol. The summed E-state index contributed by atoms with van der Waals surface area (Å²) < 4.78 is 1.76. The zero-order valence-electron chi connectivity index (χ0n) is 12.8. The number of hydrogen-bond donors (Lipinski definition) is 2.